The molecule has 0 radical (unpaired) electrons. The van der Waals surface area contributed by atoms with Crippen LogP contribution in [0.1, 0.15) is 30.2 Å². The molecule has 0 spiro atoms. The fraction of sp³-hybridized carbons (Fsp3) is 0.353. The second-order valence-electron chi connectivity index (χ2n) is 5.36. The summed E-state index contributed by atoms with van der Waals surface area (Å²) in [7, 11) is 0. The number of carbonyl (C=O) groups excluding carboxylic acids is 1. The minimum Gasteiger partial charge on any atom is -0.341 e. The second kappa shape index (κ2) is 5.84. The van der Waals surface area contributed by atoms with Gasteiger partial charge < -0.3 is 4.90 Å². The summed E-state index contributed by atoms with van der Waals surface area (Å²) < 4.78 is 0. The van der Waals surface area contributed by atoms with Crippen LogP contribution in [0.2, 0.25) is 0 Å². The van der Waals surface area contributed by atoms with E-state index >= 15 is 0 Å². The molecule has 2 aromatic carbocycles. The van der Waals surface area contributed by atoms with Crippen molar-refractivity contribution in [3.05, 3.63) is 48.0 Å². The molecule has 3 heteroatoms. The van der Waals surface area contributed by atoms with E-state index in [2.05, 4.69) is 6.07 Å². The highest BCUT2D eigenvalue weighted by atomic mass is 35.5. The summed E-state index contributed by atoms with van der Waals surface area (Å²) in [5, 5.41) is 1.73. The summed E-state index contributed by atoms with van der Waals surface area (Å²) in [6.07, 6.45) is 3.40. The van der Waals surface area contributed by atoms with Crippen molar-refractivity contribution in [1.82, 2.24) is 4.90 Å². The number of halogens is 1. The molecule has 0 bridgehead atoms. The molecule has 1 unspecified atom stereocenters. The molecular formula is C17H18ClNO. The Morgan fingerprint density at radius 2 is 1.70 bits per heavy atom. The molecule has 1 heterocycles. The van der Waals surface area contributed by atoms with Gasteiger partial charge in [0.25, 0.3) is 0 Å². The van der Waals surface area contributed by atoms with Crippen LogP contribution in [0.15, 0.2) is 42.5 Å². The number of rotatable bonds is 2. The Morgan fingerprint density at radius 1 is 1.00 bits per heavy atom. The Labute approximate surface area is 124 Å². The van der Waals surface area contributed by atoms with Gasteiger partial charge in [-0.1, -0.05) is 36.4 Å². The summed E-state index contributed by atoms with van der Waals surface area (Å²) >= 11 is 6.40. The number of benzene rings is 2. The van der Waals surface area contributed by atoms with Crippen molar-refractivity contribution in [2.75, 3.05) is 13.1 Å². The zero-order valence-corrected chi connectivity index (χ0v) is 12.1. The van der Waals surface area contributed by atoms with Gasteiger partial charge in [-0.2, -0.15) is 0 Å². The summed E-state index contributed by atoms with van der Waals surface area (Å²) in [5.41, 5.74) is 0.890. The number of fused-ring (bicyclic) bond motifs is 1. The molecule has 3 rings (SSSR count). The van der Waals surface area contributed by atoms with Crippen LogP contribution >= 0.6 is 11.6 Å². The molecule has 1 aliphatic heterocycles. The van der Waals surface area contributed by atoms with Gasteiger partial charge in [-0.05, 0) is 41.7 Å². The number of amides is 1. The molecule has 20 heavy (non-hydrogen) atoms. The monoisotopic (exact) mass is 287 g/mol. The van der Waals surface area contributed by atoms with E-state index in [1.807, 2.05) is 41.3 Å². The average molecular weight is 288 g/mol. The van der Waals surface area contributed by atoms with E-state index in [-0.39, 0.29) is 5.91 Å². The van der Waals surface area contributed by atoms with Crippen molar-refractivity contribution in [3.63, 3.8) is 0 Å². The molecule has 1 aliphatic rings. The summed E-state index contributed by atoms with van der Waals surface area (Å²) in [6, 6.07) is 14.1. The zero-order valence-electron chi connectivity index (χ0n) is 11.4. The minimum absolute atomic E-state index is 0.0432. The van der Waals surface area contributed by atoms with Gasteiger partial charge in [-0.3, -0.25) is 4.79 Å². The predicted molar refractivity (Wildman–Crippen MR) is 83.0 cm³/mol. The molecule has 1 amide bonds. The number of nitrogens with zero attached hydrogens (tertiary/aromatic N) is 1. The van der Waals surface area contributed by atoms with Crippen LogP contribution in [0.3, 0.4) is 0 Å². The Balaban J connectivity index is 1.83. The largest absolute Gasteiger partial charge is 0.341 e. The molecule has 2 nitrogen and oxygen atoms in total. The predicted octanol–water partition coefficient (Wildman–Crippen LogP) is 4.13. The summed E-state index contributed by atoms with van der Waals surface area (Å²) in [6.45, 7) is 1.69. The Bertz CT molecular complexity index is 619. The van der Waals surface area contributed by atoms with Crippen molar-refractivity contribution >= 4 is 28.3 Å². The van der Waals surface area contributed by atoms with Crippen LogP contribution in [0.5, 0.6) is 0 Å². The van der Waals surface area contributed by atoms with E-state index in [0.717, 1.165) is 36.9 Å². The fourth-order valence-electron chi connectivity index (χ4n) is 2.78. The van der Waals surface area contributed by atoms with Gasteiger partial charge in [0.05, 0.1) is 0 Å². The quantitative estimate of drug-likeness (QED) is 0.761. The first kappa shape index (κ1) is 13.4. The minimum atomic E-state index is -0.572. The summed E-state index contributed by atoms with van der Waals surface area (Å²) in [4.78, 5) is 14.3. The smallest absolute Gasteiger partial charge is 0.245 e. The zero-order chi connectivity index (χ0) is 13.9. The average Bonchev–Trinajstić information content (AvgIpc) is 2.54. The van der Waals surface area contributed by atoms with Gasteiger partial charge in [0.2, 0.25) is 5.91 Å². The van der Waals surface area contributed by atoms with Crippen molar-refractivity contribution < 1.29 is 4.79 Å². The van der Waals surface area contributed by atoms with Gasteiger partial charge in [-0.15, -0.1) is 11.6 Å². The number of carbonyl (C=O) groups is 1. The lowest BCUT2D eigenvalue weighted by atomic mass is 10.0. The molecule has 0 N–H and O–H groups in total. The van der Waals surface area contributed by atoms with Crippen molar-refractivity contribution in [3.8, 4) is 0 Å². The fourth-order valence-corrected chi connectivity index (χ4v) is 3.06. The lowest BCUT2D eigenvalue weighted by Crippen LogP contribution is -2.37. The summed E-state index contributed by atoms with van der Waals surface area (Å²) in [5.74, 6) is 0.0432. The SMILES string of the molecule is O=C(C(Cl)c1ccc2ccccc2c1)N1CCCCC1. The van der Waals surface area contributed by atoms with E-state index in [0.29, 0.717) is 0 Å². The first-order valence-corrected chi connectivity index (χ1v) is 7.61. The van der Waals surface area contributed by atoms with Crippen LogP contribution < -0.4 is 0 Å². The van der Waals surface area contributed by atoms with Gasteiger partial charge in [0.15, 0.2) is 0 Å². The number of likely N-dealkylation sites (tertiary alicyclic amines) is 1. The maximum absolute atomic E-state index is 12.4. The molecule has 1 atom stereocenters. The normalized spacial score (nSPS) is 17.1. The van der Waals surface area contributed by atoms with Crippen LogP contribution in [0.4, 0.5) is 0 Å². The molecule has 0 aliphatic carbocycles. The van der Waals surface area contributed by atoms with E-state index in [1.54, 1.807) is 0 Å². The first-order chi connectivity index (χ1) is 9.75. The number of hydrogen-bond acceptors (Lipinski definition) is 1. The van der Waals surface area contributed by atoms with E-state index in [4.69, 9.17) is 11.6 Å². The van der Waals surface area contributed by atoms with Gasteiger partial charge in [-0.25, -0.2) is 0 Å². The maximum atomic E-state index is 12.4. The van der Waals surface area contributed by atoms with Crippen LogP contribution in [-0.4, -0.2) is 23.9 Å². The van der Waals surface area contributed by atoms with Crippen molar-refractivity contribution in [2.24, 2.45) is 0 Å². The first-order valence-electron chi connectivity index (χ1n) is 7.17. The molecule has 0 aromatic heterocycles. The van der Waals surface area contributed by atoms with Crippen LogP contribution in [-0.2, 0) is 4.79 Å². The molecule has 2 aromatic rings. The number of alkyl halides is 1. The topological polar surface area (TPSA) is 20.3 Å². The second-order valence-corrected chi connectivity index (χ2v) is 5.79. The Hall–Kier alpha value is -1.54. The third-order valence-electron chi connectivity index (χ3n) is 3.95. The highest BCUT2D eigenvalue weighted by Crippen LogP contribution is 2.27. The number of piperidine rings is 1. The molecular weight excluding hydrogens is 270 g/mol. The van der Waals surface area contributed by atoms with Gasteiger partial charge >= 0.3 is 0 Å². The maximum Gasteiger partial charge on any atom is 0.245 e. The molecule has 1 fully saturated rings. The van der Waals surface area contributed by atoms with E-state index in [9.17, 15) is 4.79 Å². The van der Waals surface area contributed by atoms with E-state index in [1.165, 1.54) is 11.8 Å². The third kappa shape index (κ3) is 2.66. The van der Waals surface area contributed by atoms with Crippen molar-refractivity contribution in [2.45, 2.75) is 24.6 Å². The third-order valence-corrected chi connectivity index (χ3v) is 4.39. The lowest BCUT2D eigenvalue weighted by Gasteiger charge is -2.28. The molecule has 104 valence electrons. The lowest BCUT2D eigenvalue weighted by molar-refractivity contribution is -0.131. The Morgan fingerprint density at radius 3 is 2.45 bits per heavy atom. The van der Waals surface area contributed by atoms with Gasteiger partial charge in [0, 0.05) is 13.1 Å². The van der Waals surface area contributed by atoms with Gasteiger partial charge in [0.1, 0.15) is 5.38 Å². The van der Waals surface area contributed by atoms with Crippen LogP contribution in [0.25, 0.3) is 10.8 Å². The Kier molecular flexibility index (Phi) is 3.93. The standard InChI is InChI=1S/C17H18ClNO/c18-16(17(20)19-10-4-1-5-11-19)15-9-8-13-6-2-3-7-14(13)12-15/h2-3,6-9,12,16H,1,4-5,10-11H2. The highest BCUT2D eigenvalue weighted by molar-refractivity contribution is 6.30. The molecule has 0 saturated carbocycles. The van der Waals surface area contributed by atoms with E-state index < -0.39 is 5.38 Å². The molecule has 1 saturated heterocycles. The van der Waals surface area contributed by atoms with Crippen molar-refractivity contribution in [1.29, 1.82) is 0 Å². The van der Waals surface area contributed by atoms with Crippen LogP contribution in [0, 0.1) is 0 Å². The number of hydrogen-bond donors (Lipinski definition) is 0. The highest BCUT2D eigenvalue weighted by Gasteiger charge is 2.25.